The average Bonchev–Trinajstić information content (AvgIpc) is 2.65. The third-order valence-corrected chi connectivity index (χ3v) is 7.05. The summed E-state index contributed by atoms with van der Waals surface area (Å²) in [6.07, 6.45) is 1.70. The first-order chi connectivity index (χ1) is 13.7. The minimum Gasteiger partial charge on any atom is -0.626 e. The van der Waals surface area contributed by atoms with E-state index >= 15 is 0 Å². The lowest BCUT2D eigenvalue weighted by molar-refractivity contribution is 0.590. The number of nitrogens with one attached hydrogen (secondary N) is 1. The van der Waals surface area contributed by atoms with Gasteiger partial charge in [-0.05, 0) is 96.8 Å². The van der Waals surface area contributed by atoms with Crippen molar-refractivity contribution < 1.29 is 4.55 Å². The zero-order valence-electron chi connectivity index (χ0n) is 18.2. The summed E-state index contributed by atoms with van der Waals surface area (Å²) in [6.45, 7) is 11.3. The molecule has 0 fully saturated rings. The standard InChI is InChI=1S/C25H30N2OS/c1-17-12-20(4)23(21(5)13-17)16-26-24-14-18(2)19(3)15-25(24)27-29(6,28)22-10-8-7-9-11-22/h7-15,26H,16H2,1-6H3. The van der Waals surface area contributed by atoms with Gasteiger partial charge >= 0.3 is 0 Å². The quantitative estimate of drug-likeness (QED) is 0.483. The molecule has 0 bridgehead atoms. The van der Waals surface area contributed by atoms with Gasteiger partial charge in [0.05, 0.1) is 11.9 Å². The van der Waals surface area contributed by atoms with E-state index < -0.39 is 10.1 Å². The minimum atomic E-state index is -2.54. The van der Waals surface area contributed by atoms with Gasteiger partial charge in [0.15, 0.2) is 0 Å². The van der Waals surface area contributed by atoms with Crippen molar-refractivity contribution in [2.24, 2.45) is 4.36 Å². The van der Waals surface area contributed by atoms with E-state index in [2.05, 4.69) is 58.1 Å². The van der Waals surface area contributed by atoms with Gasteiger partial charge < -0.3 is 9.87 Å². The molecule has 0 saturated heterocycles. The predicted octanol–water partition coefficient (Wildman–Crippen LogP) is 6.63. The second-order valence-electron chi connectivity index (χ2n) is 7.89. The zero-order valence-corrected chi connectivity index (χ0v) is 19.0. The molecule has 0 heterocycles. The molecule has 152 valence electrons. The average molecular weight is 407 g/mol. The van der Waals surface area contributed by atoms with E-state index in [1.807, 2.05) is 36.4 Å². The molecule has 0 aliphatic heterocycles. The third kappa shape index (κ3) is 4.95. The van der Waals surface area contributed by atoms with Crippen molar-refractivity contribution >= 4 is 21.5 Å². The lowest BCUT2D eigenvalue weighted by atomic mass is 9.99. The van der Waals surface area contributed by atoms with Gasteiger partial charge in [0.1, 0.15) is 10.6 Å². The zero-order chi connectivity index (χ0) is 21.2. The number of hydrogen-bond donors (Lipinski definition) is 1. The first-order valence-electron chi connectivity index (χ1n) is 9.86. The largest absolute Gasteiger partial charge is 0.626 e. The van der Waals surface area contributed by atoms with Crippen molar-refractivity contribution in [3.63, 3.8) is 0 Å². The van der Waals surface area contributed by atoms with Gasteiger partial charge in [0.25, 0.3) is 0 Å². The van der Waals surface area contributed by atoms with Gasteiger partial charge in [0.2, 0.25) is 0 Å². The summed E-state index contributed by atoms with van der Waals surface area (Å²) in [5, 5.41) is 3.55. The highest BCUT2D eigenvalue weighted by Crippen LogP contribution is 2.33. The highest BCUT2D eigenvalue weighted by atomic mass is 32.3. The molecule has 1 unspecified atom stereocenters. The molecular formula is C25H30N2OS. The summed E-state index contributed by atoms with van der Waals surface area (Å²) >= 11 is 0. The summed E-state index contributed by atoms with van der Waals surface area (Å²) in [5.74, 6) is 0. The van der Waals surface area contributed by atoms with E-state index in [0.717, 1.165) is 21.8 Å². The molecule has 0 aromatic heterocycles. The van der Waals surface area contributed by atoms with E-state index in [1.54, 1.807) is 6.26 Å². The van der Waals surface area contributed by atoms with Crippen LogP contribution in [0.1, 0.15) is 33.4 Å². The highest BCUT2D eigenvalue weighted by Gasteiger charge is 2.14. The van der Waals surface area contributed by atoms with Crippen molar-refractivity contribution in [1.29, 1.82) is 0 Å². The molecule has 3 aromatic rings. The van der Waals surface area contributed by atoms with E-state index in [9.17, 15) is 4.55 Å². The van der Waals surface area contributed by atoms with Gasteiger partial charge in [-0.3, -0.25) is 0 Å². The fourth-order valence-corrected chi connectivity index (χ4v) is 4.90. The third-order valence-electron chi connectivity index (χ3n) is 5.36. The molecule has 3 nitrogen and oxygen atoms in total. The van der Waals surface area contributed by atoms with Crippen LogP contribution in [-0.2, 0) is 16.7 Å². The molecule has 0 aliphatic carbocycles. The molecule has 0 amide bonds. The smallest absolute Gasteiger partial charge is 0.136 e. The molecule has 3 aromatic carbocycles. The van der Waals surface area contributed by atoms with E-state index in [4.69, 9.17) is 4.36 Å². The Bertz CT molecular complexity index is 1060. The normalized spacial score (nSPS) is 13.1. The van der Waals surface area contributed by atoms with Crippen LogP contribution in [0, 0.1) is 34.6 Å². The Balaban J connectivity index is 2.00. The Labute approximate surface area is 176 Å². The van der Waals surface area contributed by atoms with Crippen molar-refractivity contribution in [1.82, 2.24) is 0 Å². The van der Waals surface area contributed by atoms with E-state index in [-0.39, 0.29) is 0 Å². The number of hydrogen-bond acceptors (Lipinski definition) is 3. The summed E-state index contributed by atoms with van der Waals surface area (Å²) < 4.78 is 18.0. The summed E-state index contributed by atoms with van der Waals surface area (Å²) in [4.78, 5) is 0.745. The molecule has 0 radical (unpaired) electrons. The summed E-state index contributed by atoms with van der Waals surface area (Å²) in [6, 6.07) is 18.0. The molecule has 29 heavy (non-hydrogen) atoms. The first-order valence-corrected chi connectivity index (χ1v) is 11.8. The van der Waals surface area contributed by atoms with Crippen LogP contribution >= 0.6 is 0 Å². The number of rotatable bonds is 5. The van der Waals surface area contributed by atoms with Crippen molar-refractivity contribution in [3.8, 4) is 0 Å². The minimum absolute atomic E-state index is 0.708. The molecule has 4 heteroatoms. The van der Waals surface area contributed by atoms with Gasteiger partial charge in [-0.1, -0.05) is 35.9 Å². The van der Waals surface area contributed by atoms with Gasteiger partial charge in [-0.2, -0.15) is 0 Å². The number of anilines is 1. The SMILES string of the molecule is Cc1cc(C)c(CNc2cc(C)c(C)cc2N=[S+](C)([O-])c2ccccc2)c(C)c1. The Morgan fingerprint density at radius 2 is 1.41 bits per heavy atom. The number of aryl methyl sites for hydroxylation is 5. The lowest BCUT2D eigenvalue weighted by Crippen LogP contribution is -2.09. The maximum absolute atomic E-state index is 13.3. The molecule has 1 atom stereocenters. The second-order valence-corrected chi connectivity index (χ2v) is 10.2. The summed E-state index contributed by atoms with van der Waals surface area (Å²) in [7, 11) is -2.54. The maximum atomic E-state index is 13.3. The number of nitrogens with zero attached hydrogens (tertiary/aromatic N) is 1. The molecule has 0 aliphatic rings. The fraction of sp³-hybridized carbons (Fsp3) is 0.280. The first kappa shape index (κ1) is 21.3. The Morgan fingerprint density at radius 3 is 2.03 bits per heavy atom. The fourth-order valence-electron chi connectivity index (χ4n) is 3.60. The van der Waals surface area contributed by atoms with Crippen LogP contribution in [0.15, 0.2) is 63.9 Å². The summed E-state index contributed by atoms with van der Waals surface area (Å²) in [5.41, 5.74) is 9.11. The van der Waals surface area contributed by atoms with Crippen LogP contribution in [0.5, 0.6) is 0 Å². The van der Waals surface area contributed by atoms with E-state index in [1.165, 1.54) is 27.8 Å². The molecule has 0 spiro atoms. The van der Waals surface area contributed by atoms with Crippen LogP contribution in [0.3, 0.4) is 0 Å². The van der Waals surface area contributed by atoms with Crippen LogP contribution in [0.2, 0.25) is 0 Å². The second kappa shape index (κ2) is 8.52. The van der Waals surface area contributed by atoms with Gasteiger partial charge in [-0.25, -0.2) is 0 Å². The monoisotopic (exact) mass is 406 g/mol. The van der Waals surface area contributed by atoms with Crippen molar-refractivity contribution in [2.45, 2.75) is 46.1 Å². The van der Waals surface area contributed by atoms with E-state index in [0.29, 0.717) is 6.54 Å². The van der Waals surface area contributed by atoms with Crippen LogP contribution in [0.4, 0.5) is 11.4 Å². The van der Waals surface area contributed by atoms with Gasteiger partial charge in [0, 0.05) is 6.54 Å². The predicted molar refractivity (Wildman–Crippen MR) is 125 cm³/mol. The van der Waals surface area contributed by atoms with Gasteiger partial charge in [-0.15, -0.1) is 4.36 Å². The van der Waals surface area contributed by atoms with Crippen LogP contribution in [-0.4, -0.2) is 10.8 Å². The maximum Gasteiger partial charge on any atom is 0.136 e. The highest BCUT2D eigenvalue weighted by molar-refractivity contribution is 7.99. The Kier molecular flexibility index (Phi) is 6.25. The Hall–Kier alpha value is -2.43. The molecule has 0 saturated carbocycles. The topological polar surface area (TPSA) is 47.5 Å². The Morgan fingerprint density at radius 1 is 0.828 bits per heavy atom. The van der Waals surface area contributed by atoms with Crippen molar-refractivity contribution in [3.05, 3.63) is 88.0 Å². The number of benzene rings is 3. The molecule has 3 rings (SSSR count). The molecule has 1 N–H and O–H groups in total. The van der Waals surface area contributed by atoms with Crippen LogP contribution in [0.25, 0.3) is 0 Å². The molecular weight excluding hydrogens is 376 g/mol. The lowest BCUT2D eigenvalue weighted by Gasteiger charge is -2.19. The van der Waals surface area contributed by atoms with Crippen LogP contribution < -0.4 is 5.32 Å². The van der Waals surface area contributed by atoms with Crippen molar-refractivity contribution in [2.75, 3.05) is 11.6 Å².